The van der Waals surface area contributed by atoms with Gasteiger partial charge < -0.3 is 16.0 Å². The van der Waals surface area contributed by atoms with Crippen LogP contribution >= 0.6 is 24.8 Å². The molecule has 1 saturated heterocycles. The summed E-state index contributed by atoms with van der Waals surface area (Å²) in [6.45, 7) is 4.87. The fraction of sp³-hybridized carbons (Fsp3) is 0.562. The quantitative estimate of drug-likeness (QED) is 0.831. The van der Waals surface area contributed by atoms with Crippen LogP contribution in [0.3, 0.4) is 0 Å². The minimum absolute atomic E-state index is 0. The number of rotatable bonds is 6. The van der Waals surface area contributed by atoms with Crippen molar-refractivity contribution in [2.24, 2.45) is 5.73 Å². The van der Waals surface area contributed by atoms with Gasteiger partial charge in [-0.1, -0.05) is 12.1 Å². The lowest BCUT2D eigenvalue weighted by molar-refractivity contribution is -0.121. The number of nitrogens with zero attached hydrogens (tertiary/aromatic N) is 1. The summed E-state index contributed by atoms with van der Waals surface area (Å²) in [5.41, 5.74) is 7.85. The molecule has 22 heavy (non-hydrogen) atoms. The van der Waals surface area contributed by atoms with Gasteiger partial charge >= 0.3 is 0 Å². The molecule has 0 saturated carbocycles. The normalized spacial score (nSPS) is 14.7. The number of hydrogen-bond donors (Lipinski definition) is 2. The second kappa shape index (κ2) is 10.7. The van der Waals surface area contributed by atoms with Crippen LogP contribution in [0.15, 0.2) is 24.3 Å². The topological polar surface area (TPSA) is 58.4 Å². The van der Waals surface area contributed by atoms with Gasteiger partial charge in [-0.05, 0) is 50.4 Å². The third-order valence-electron chi connectivity index (χ3n) is 3.83. The summed E-state index contributed by atoms with van der Waals surface area (Å²) < 4.78 is 0. The Labute approximate surface area is 145 Å². The van der Waals surface area contributed by atoms with Crippen LogP contribution in [0.25, 0.3) is 0 Å². The van der Waals surface area contributed by atoms with Gasteiger partial charge in [-0.15, -0.1) is 24.8 Å². The van der Waals surface area contributed by atoms with Crippen LogP contribution in [0.4, 0.5) is 5.69 Å². The number of nitrogens with one attached hydrogen (secondary N) is 1. The van der Waals surface area contributed by atoms with Gasteiger partial charge in [-0.25, -0.2) is 0 Å². The van der Waals surface area contributed by atoms with E-state index in [1.807, 2.05) is 6.92 Å². The third kappa shape index (κ3) is 6.03. The van der Waals surface area contributed by atoms with Gasteiger partial charge in [0.2, 0.25) is 5.91 Å². The van der Waals surface area contributed by atoms with Crippen LogP contribution in [0, 0.1) is 0 Å². The zero-order chi connectivity index (χ0) is 14.4. The molecule has 1 aromatic carbocycles. The summed E-state index contributed by atoms with van der Waals surface area (Å²) in [4.78, 5) is 14.2. The van der Waals surface area contributed by atoms with E-state index in [0.29, 0.717) is 13.0 Å². The molecule has 4 nitrogen and oxygen atoms in total. The van der Waals surface area contributed by atoms with Gasteiger partial charge in [0.15, 0.2) is 0 Å². The summed E-state index contributed by atoms with van der Waals surface area (Å²) >= 11 is 0. The molecule has 0 aromatic heterocycles. The Morgan fingerprint density at radius 1 is 1.32 bits per heavy atom. The molecular weight excluding hydrogens is 321 g/mol. The van der Waals surface area contributed by atoms with Crippen molar-refractivity contribution in [2.45, 2.75) is 38.6 Å². The Morgan fingerprint density at radius 3 is 2.64 bits per heavy atom. The highest BCUT2D eigenvalue weighted by molar-refractivity contribution is 5.85. The van der Waals surface area contributed by atoms with Crippen LogP contribution in [0.5, 0.6) is 0 Å². The van der Waals surface area contributed by atoms with Crippen molar-refractivity contribution in [3.8, 4) is 0 Å². The number of anilines is 1. The Morgan fingerprint density at radius 2 is 2.00 bits per heavy atom. The first-order valence-electron chi connectivity index (χ1n) is 7.55. The molecule has 126 valence electrons. The summed E-state index contributed by atoms with van der Waals surface area (Å²) in [7, 11) is 0. The van der Waals surface area contributed by atoms with Crippen molar-refractivity contribution in [1.82, 2.24) is 5.32 Å². The highest BCUT2D eigenvalue weighted by Crippen LogP contribution is 2.23. The lowest BCUT2D eigenvalue weighted by Crippen LogP contribution is -2.27. The van der Waals surface area contributed by atoms with E-state index in [0.717, 1.165) is 25.1 Å². The van der Waals surface area contributed by atoms with Crippen molar-refractivity contribution in [3.05, 3.63) is 29.8 Å². The van der Waals surface area contributed by atoms with Crippen LogP contribution in [0.2, 0.25) is 0 Å². The van der Waals surface area contributed by atoms with Crippen molar-refractivity contribution < 1.29 is 4.79 Å². The van der Waals surface area contributed by atoms with E-state index >= 15 is 0 Å². The molecular formula is C16H27Cl2N3O. The van der Waals surface area contributed by atoms with E-state index in [9.17, 15) is 4.79 Å². The number of carbonyl (C=O) groups excluding carboxylic acids is 1. The highest BCUT2D eigenvalue weighted by Gasteiger charge is 2.14. The van der Waals surface area contributed by atoms with Gasteiger partial charge in [0.25, 0.3) is 0 Å². The number of nitrogens with two attached hydrogens (primary N) is 1. The molecule has 1 aromatic rings. The lowest BCUT2D eigenvalue weighted by atomic mass is 10.1. The monoisotopic (exact) mass is 347 g/mol. The fourth-order valence-corrected chi connectivity index (χ4v) is 2.63. The van der Waals surface area contributed by atoms with Gasteiger partial charge in [0.1, 0.15) is 0 Å². The molecule has 0 bridgehead atoms. The highest BCUT2D eigenvalue weighted by atomic mass is 35.5. The van der Waals surface area contributed by atoms with Crippen LogP contribution < -0.4 is 16.0 Å². The van der Waals surface area contributed by atoms with Gasteiger partial charge in [0.05, 0.1) is 6.04 Å². The van der Waals surface area contributed by atoms with Crippen LogP contribution in [-0.4, -0.2) is 25.5 Å². The van der Waals surface area contributed by atoms with E-state index in [4.69, 9.17) is 5.73 Å². The SMILES string of the molecule is CC(NC(=O)CCCN)c1cccc(N2CCCC2)c1.Cl.Cl. The molecule has 6 heteroatoms. The van der Waals surface area contributed by atoms with Crippen molar-refractivity contribution >= 4 is 36.4 Å². The smallest absolute Gasteiger partial charge is 0.220 e. The van der Waals surface area contributed by atoms with Gasteiger partial charge in [-0.3, -0.25) is 4.79 Å². The summed E-state index contributed by atoms with van der Waals surface area (Å²) in [5.74, 6) is 0.0783. The standard InChI is InChI=1S/C16H25N3O.2ClH/c1-13(18-16(20)8-5-9-17)14-6-4-7-15(12-14)19-10-2-3-11-19;;/h4,6-7,12-13H,2-3,5,8-11,17H2,1H3,(H,18,20);2*1H. The van der Waals surface area contributed by atoms with Gasteiger partial charge in [-0.2, -0.15) is 0 Å². The molecule has 0 aliphatic carbocycles. The maximum absolute atomic E-state index is 11.7. The first kappa shape index (κ1) is 21.0. The number of carbonyl (C=O) groups is 1. The van der Waals surface area contributed by atoms with Crippen LogP contribution in [0.1, 0.15) is 44.2 Å². The second-order valence-electron chi connectivity index (χ2n) is 5.47. The minimum atomic E-state index is 0. The van der Waals surface area contributed by atoms with Gasteiger partial charge in [0, 0.05) is 25.2 Å². The van der Waals surface area contributed by atoms with E-state index in [1.165, 1.54) is 18.5 Å². The number of hydrogen-bond acceptors (Lipinski definition) is 3. The molecule has 1 amide bonds. The third-order valence-corrected chi connectivity index (χ3v) is 3.83. The van der Waals surface area contributed by atoms with E-state index < -0.39 is 0 Å². The fourth-order valence-electron chi connectivity index (χ4n) is 2.63. The lowest BCUT2D eigenvalue weighted by Gasteiger charge is -2.20. The molecule has 1 fully saturated rings. The first-order chi connectivity index (χ1) is 9.70. The summed E-state index contributed by atoms with van der Waals surface area (Å²) in [6.07, 6.45) is 3.80. The molecule has 1 heterocycles. The van der Waals surface area contributed by atoms with Crippen molar-refractivity contribution in [1.29, 1.82) is 0 Å². The predicted octanol–water partition coefficient (Wildman–Crippen LogP) is 3.05. The Kier molecular flexibility index (Phi) is 10.2. The molecule has 1 aliphatic rings. The zero-order valence-corrected chi connectivity index (χ0v) is 14.7. The van der Waals surface area contributed by atoms with E-state index in [-0.39, 0.29) is 36.8 Å². The number of benzene rings is 1. The second-order valence-corrected chi connectivity index (χ2v) is 5.47. The average molecular weight is 348 g/mol. The molecule has 1 atom stereocenters. The molecule has 1 aliphatic heterocycles. The summed E-state index contributed by atoms with van der Waals surface area (Å²) in [6, 6.07) is 8.54. The van der Waals surface area contributed by atoms with Crippen molar-refractivity contribution in [3.63, 3.8) is 0 Å². The Balaban J connectivity index is 0.00000220. The van der Waals surface area contributed by atoms with E-state index in [1.54, 1.807) is 0 Å². The summed E-state index contributed by atoms with van der Waals surface area (Å²) in [5, 5.41) is 3.04. The molecule has 2 rings (SSSR count). The number of amides is 1. The Bertz CT molecular complexity index is 451. The minimum Gasteiger partial charge on any atom is -0.372 e. The average Bonchev–Trinajstić information content (AvgIpc) is 2.99. The maximum atomic E-state index is 11.7. The van der Waals surface area contributed by atoms with Crippen LogP contribution in [-0.2, 0) is 4.79 Å². The largest absolute Gasteiger partial charge is 0.372 e. The first-order valence-corrected chi connectivity index (χ1v) is 7.55. The molecule has 1 unspecified atom stereocenters. The molecule has 0 spiro atoms. The zero-order valence-electron chi connectivity index (χ0n) is 13.1. The van der Waals surface area contributed by atoms with Crippen molar-refractivity contribution in [2.75, 3.05) is 24.5 Å². The predicted molar refractivity (Wildman–Crippen MR) is 97.2 cm³/mol. The molecule has 0 radical (unpaired) electrons. The maximum Gasteiger partial charge on any atom is 0.220 e. The molecule has 3 N–H and O–H groups in total. The Hall–Kier alpha value is -0.970. The van der Waals surface area contributed by atoms with E-state index in [2.05, 4.69) is 34.5 Å². The number of halogens is 2.